The number of nitro groups is 1. The van der Waals surface area contributed by atoms with Crippen molar-refractivity contribution in [1.29, 1.82) is 0 Å². The van der Waals surface area contributed by atoms with Crippen molar-refractivity contribution in [2.75, 3.05) is 0 Å². The second-order valence-corrected chi connectivity index (χ2v) is 8.01. The molecule has 0 N–H and O–H groups in total. The molecular weight excluding hydrogens is 210 g/mol. The Morgan fingerprint density at radius 2 is 1.53 bits per heavy atom. The van der Waals surface area contributed by atoms with Gasteiger partial charge in [-0.25, -0.2) is 0 Å². The molecule has 2 atom stereocenters. The van der Waals surface area contributed by atoms with E-state index in [4.69, 9.17) is 0 Å². The van der Waals surface area contributed by atoms with Crippen LogP contribution in [0.2, 0.25) is 0 Å². The molecule has 0 saturated carbocycles. The van der Waals surface area contributed by atoms with E-state index in [1.807, 2.05) is 0 Å². The molecule has 4 heteroatoms. The Kier molecular flexibility index (Phi) is 4.65. The topological polar surface area (TPSA) is 43.1 Å². The molecule has 0 aliphatic carbocycles. The second-order valence-electron chi connectivity index (χ2n) is 6.04. The highest BCUT2D eigenvalue weighted by atomic mass is 32.2. The summed E-state index contributed by atoms with van der Waals surface area (Å²) in [5.74, 6) is 0. The summed E-state index contributed by atoms with van der Waals surface area (Å²) in [6.07, 6.45) is 0. The molecule has 15 heavy (non-hydrogen) atoms. The number of rotatable bonds is 3. The molecule has 0 aromatic rings. The third kappa shape index (κ3) is 5.40. The van der Waals surface area contributed by atoms with Crippen LogP contribution in [0.1, 0.15) is 48.5 Å². The first-order valence-corrected chi connectivity index (χ1v) is 6.14. The SMILES string of the molecule is C[C@@H]([C@H](SC(C)(C)C)C(C)(C)C)[N+](=O)[O-]. The van der Waals surface area contributed by atoms with Crippen molar-refractivity contribution in [1.82, 2.24) is 0 Å². The Morgan fingerprint density at radius 3 is 1.73 bits per heavy atom. The van der Waals surface area contributed by atoms with E-state index in [1.165, 1.54) is 0 Å². The fourth-order valence-electron chi connectivity index (χ4n) is 1.49. The standard InChI is InChI=1S/C11H23NO2S/c1-8(12(13)14)9(10(2,3)4)15-11(5,6)7/h8-9H,1-7H3/t8-,9-/m0/s1. The third-order valence-electron chi connectivity index (χ3n) is 2.10. The minimum atomic E-state index is -0.505. The average Bonchev–Trinajstić information content (AvgIpc) is 1.94. The minimum Gasteiger partial charge on any atom is -0.264 e. The Labute approximate surface area is 97.2 Å². The molecule has 0 spiro atoms. The van der Waals surface area contributed by atoms with Crippen LogP contribution < -0.4 is 0 Å². The summed E-state index contributed by atoms with van der Waals surface area (Å²) in [6.45, 7) is 14.2. The van der Waals surface area contributed by atoms with Crippen molar-refractivity contribution in [3.8, 4) is 0 Å². The largest absolute Gasteiger partial charge is 0.264 e. The lowest BCUT2D eigenvalue weighted by Gasteiger charge is -2.35. The van der Waals surface area contributed by atoms with E-state index in [1.54, 1.807) is 18.7 Å². The van der Waals surface area contributed by atoms with Crippen LogP contribution in [0.4, 0.5) is 0 Å². The van der Waals surface area contributed by atoms with Gasteiger partial charge >= 0.3 is 0 Å². The minimum absolute atomic E-state index is 0.0347. The van der Waals surface area contributed by atoms with E-state index < -0.39 is 6.04 Å². The van der Waals surface area contributed by atoms with Crippen LogP contribution in [0.15, 0.2) is 0 Å². The molecule has 3 nitrogen and oxygen atoms in total. The summed E-state index contributed by atoms with van der Waals surface area (Å²) in [5, 5.41) is 10.9. The maximum absolute atomic E-state index is 10.9. The van der Waals surface area contributed by atoms with Crippen molar-refractivity contribution in [2.45, 2.75) is 64.5 Å². The summed E-state index contributed by atoms with van der Waals surface area (Å²) in [7, 11) is 0. The molecule has 0 aromatic heterocycles. The van der Waals surface area contributed by atoms with Crippen LogP contribution in [0, 0.1) is 15.5 Å². The first-order valence-electron chi connectivity index (χ1n) is 5.26. The van der Waals surface area contributed by atoms with Crippen LogP contribution in [0.25, 0.3) is 0 Å². The van der Waals surface area contributed by atoms with E-state index in [9.17, 15) is 10.1 Å². The van der Waals surface area contributed by atoms with Crippen LogP contribution in [0.5, 0.6) is 0 Å². The number of thioether (sulfide) groups is 1. The zero-order valence-corrected chi connectivity index (χ0v) is 11.6. The Balaban J connectivity index is 4.84. The third-order valence-corrected chi connectivity index (χ3v) is 4.17. The molecule has 0 bridgehead atoms. The van der Waals surface area contributed by atoms with Crippen molar-refractivity contribution < 1.29 is 4.92 Å². The van der Waals surface area contributed by atoms with Gasteiger partial charge in [0.25, 0.3) is 0 Å². The van der Waals surface area contributed by atoms with Gasteiger partial charge in [0, 0.05) is 16.6 Å². The molecule has 0 unspecified atom stereocenters. The predicted molar refractivity (Wildman–Crippen MR) is 67.0 cm³/mol. The van der Waals surface area contributed by atoms with Crippen LogP contribution in [-0.2, 0) is 0 Å². The summed E-state index contributed by atoms with van der Waals surface area (Å²) in [5.41, 5.74) is -0.0512. The smallest absolute Gasteiger partial charge is 0.222 e. The van der Waals surface area contributed by atoms with Crippen molar-refractivity contribution in [3.05, 3.63) is 10.1 Å². The highest BCUT2D eigenvalue weighted by molar-refractivity contribution is 8.01. The van der Waals surface area contributed by atoms with Gasteiger partial charge in [0.05, 0.1) is 5.25 Å². The van der Waals surface area contributed by atoms with Crippen molar-refractivity contribution in [2.24, 2.45) is 5.41 Å². The normalized spacial score (nSPS) is 17.3. The zero-order valence-electron chi connectivity index (χ0n) is 10.8. The second kappa shape index (κ2) is 4.73. The van der Waals surface area contributed by atoms with Gasteiger partial charge in [0.15, 0.2) is 0 Å². The molecule has 0 fully saturated rings. The van der Waals surface area contributed by atoms with Gasteiger partial charge in [-0.2, -0.15) is 0 Å². The first kappa shape index (κ1) is 14.8. The highest BCUT2D eigenvalue weighted by Crippen LogP contribution is 2.40. The van der Waals surface area contributed by atoms with Gasteiger partial charge in [-0.05, 0) is 5.41 Å². The fourth-order valence-corrected chi connectivity index (χ4v) is 2.90. The lowest BCUT2D eigenvalue weighted by atomic mass is 9.88. The van der Waals surface area contributed by atoms with Gasteiger partial charge in [0.2, 0.25) is 6.04 Å². The quantitative estimate of drug-likeness (QED) is 0.552. The molecular formula is C11H23NO2S. The zero-order chi connectivity index (χ0) is 12.4. The molecule has 0 amide bonds. The van der Waals surface area contributed by atoms with E-state index in [-0.39, 0.29) is 20.3 Å². The molecule has 0 aromatic carbocycles. The predicted octanol–water partition coefficient (Wildman–Crippen LogP) is 3.60. The highest BCUT2D eigenvalue weighted by Gasteiger charge is 2.39. The van der Waals surface area contributed by atoms with Gasteiger partial charge in [-0.1, -0.05) is 41.5 Å². The molecule has 0 aliphatic heterocycles. The van der Waals surface area contributed by atoms with E-state index in [0.717, 1.165) is 0 Å². The maximum atomic E-state index is 10.9. The molecule has 0 saturated heterocycles. The molecule has 0 rings (SSSR count). The number of hydrogen-bond acceptors (Lipinski definition) is 3. The first-order chi connectivity index (χ1) is 6.45. The van der Waals surface area contributed by atoms with Crippen molar-refractivity contribution in [3.63, 3.8) is 0 Å². The monoisotopic (exact) mass is 233 g/mol. The molecule has 0 heterocycles. The van der Waals surface area contributed by atoms with Gasteiger partial charge in [-0.3, -0.25) is 10.1 Å². The van der Waals surface area contributed by atoms with Gasteiger partial charge in [0.1, 0.15) is 0 Å². The summed E-state index contributed by atoms with van der Waals surface area (Å²) >= 11 is 1.70. The molecule has 90 valence electrons. The van der Waals surface area contributed by atoms with Gasteiger partial charge < -0.3 is 0 Å². The Hall–Kier alpha value is -0.250. The summed E-state index contributed by atoms with van der Waals surface area (Å²) in [4.78, 5) is 10.7. The van der Waals surface area contributed by atoms with Gasteiger partial charge in [-0.15, -0.1) is 11.8 Å². The van der Waals surface area contributed by atoms with Crippen LogP contribution in [-0.4, -0.2) is 21.0 Å². The summed E-state index contributed by atoms with van der Waals surface area (Å²) in [6, 6.07) is -0.505. The molecule has 0 radical (unpaired) electrons. The van der Waals surface area contributed by atoms with Crippen LogP contribution in [0.3, 0.4) is 0 Å². The number of nitrogens with zero attached hydrogens (tertiary/aromatic N) is 1. The van der Waals surface area contributed by atoms with E-state index in [0.29, 0.717) is 0 Å². The Morgan fingerprint density at radius 1 is 1.13 bits per heavy atom. The van der Waals surface area contributed by atoms with Crippen LogP contribution >= 0.6 is 11.8 Å². The fraction of sp³-hybridized carbons (Fsp3) is 1.00. The number of hydrogen-bond donors (Lipinski definition) is 0. The lowest BCUT2D eigenvalue weighted by molar-refractivity contribution is -0.519. The maximum Gasteiger partial charge on any atom is 0.222 e. The van der Waals surface area contributed by atoms with E-state index in [2.05, 4.69) is 41.5 Å². The molecule has 0 aliphatic rings. The van der Waals surface area contributed by atoms with Crippen molar-refractivity contribution >= 4 is 11.8 Å². The van der Waals surface area contributed by atoms with E-state index >= 15 is 0 Å². The Bertz CT molecular complexity index is 228. The average molecular weight is 233 g/mol. The lowest BCUT2D eigenvalue weighted by Crippen LogP contribution is -2.40. The summed E-state index contributed by atoms with van der Waals surface area (Å²) < 4.78 is 0.0578.